The highest BCUT2D eigenvalue weighted by Gasteiger charge is 2.34. The molecule has 9 heteroatoms. The normalized spacial score (nSPS) is 23.5. The molecule has 1 aromatic heterocycles. The smallest absolute Gasteiger partial charge is 0.408 e. The van der Waals surface area contributed by atoms with E-state index < -0.39 is 15.6 Å². The molecule has 2 aliphatic rings. The number of para-hydroxylation sites is 2. The van der Waals surface area contributed by atoms with Crippen LogP contribution in [0, 0.1) is 0 Å². The summed E-state index contributed by atoms with van der Waals surface area (Å²) in [7, 11) is -2.91. The van der Waals surface area contributed by atoms with E-state index in [4.69, 9.17) is 4.42 Å². The minimum absolute atomic E-state index is 0.0480. The number of fused-ring (bicyclic) bond motifs is 1. The zero-order valence-electron chi connectivity index (χ0n) is 14.3. The fraction of sp³-hybridized carbons (Fsp3) is 0.529. The van der Waals surface area contributed by atoms with E-state index in [1.54, 1.807) is 29.2 Å². The van der Waals surface area contributed by atoms with Crippen LogP contribution in [0.1, 0.15) is 6.42 Å². The molecule has 2 fully saturated rings. The van der Waals surface area contributed by atoms with Crippen LogP contribution in [0.5, 0.6) is 0 Å². The third-order valence-electron chi connectivity index (χ3n) is 5.26. The van der Waals surface area contributed by atoms with Crippen LogP contribution < -0.4 is 5.76 Å². The lowest BCUT2D eigenvalue weighted by atomic mass is 10.2. The maximum Gasteiger partial charge on any atom is 0.420 e. The van der Waals surface area contributed by atoms with Crippen molar-refractivity contribution in [3.05, 3.63) is 34.8 Å². The third kappa shape index (κ3) is 3.28. The number of piperazine rings is 1. The van der Waals surface area contributed by atoms with E-state index in [0.29, 0.717) is 43.7 Å². The van der Waals surface area contributed by atoms with Gasteiger partial charge in [0.2, 0.25) is 5.91 Å². The number of hydrogen-bond donors (Lipinski definition) is 0. The first-order chi connectivity index (χ1) is 12.4. The predicted octanol–water partition coefficient (Wildman–Crippen LogP) is -0.0742. The highest BCUT2D eigenvalue weighted by Crippen LogP contribution is 2.19. The van der Waals surface area contributed by atoms with Gasteiger partial charge in [-0.15, -0.1) is 0 Å². The van der Waals surface area contributed by atoms with Crippen LogP contribution >= 0.6 is 0 Å². The fourth-order valence-electron chi connectivity index (χ4n) is 3.80. The van der Waals surface area contributed by atoms with Gasteiger partial charge < -0.3 is 9.32 Å². The van der Waals surface area contributed by atoms with Crippen LogP contribution in [-0.4, -0.2) is 72.4 Å². The largest absolute Gasteiger partial charge is 0.420 e. The number of oxazole rings is 1. The second-order valence-corrected chi connectivity index (χ2v) is 9.12. The van der Waals surface area contributed by atoms with Crippen LogP contribution in [0.4, 0.5) is 0 Å². The lowest BCUT2D eigenvalue weighted by Crippen LogP contribution is -2.53. The number of aromatic nitrogens is 1. The number of carbonyl (C=O) groups is 1. The Kier molecular flexibility index (Phi) is 4.36. The molecule has 8 nitrogen and oxygen atoms in total. The number of nitrogens with zero attached hydrogens (tertiary/aromatic N) is 3. The van der Waals surface area contributed by atoms with Crippen LogP contribution in [0.25, 0.3) is 11.1 Å². The summed E-state index contributed by atoms with van der Waals surface area (Å²) in [6.07, 6.45) is 0.673. The van der Waals surface area contributed by atoms with Crippen LogP contribution in [-0.2, 0) is 21.2 Å². The standard InChI is InChI=1S/C17H21N3O5S/c21-16(11-20-14-3-1-2-4-15(14)25-17(20)22)19-8-6-18(7-9-19)13-5-10-26(23,24)12-13/h1-4,13H,5-12H2. The summed E-state index contributed by atoms with van der Waals surface area (Å²) >= 11 is 0. The number of benzene rings is 1. The van der Waals surface area contributed by atoms with E-state index >= 15 is 0 Å². The van der Waals surface area contributed by atoms with Gasteiger partial charge in [-0.2, -0.15) is 0 Å². The van der Waals surface area contributed by atoms with Crippen molar-refractivity contribution in [3.63, 3.8) is 0 Å². The number of hydrogen-bond acceptors (Lipinski definition) is 6. The SMILES string of the molecule is O=C(Cn1c(=O)oc2ccccc21)N1CCN(C2CCS(=O)(=O)C2)CC1. The molecular formula is C17H21N3O5S. The molecule has 1 amide bonds. The van der Waals surface area contributed by atoms with Crippen molar-refractivity contribution in [2.75, 3.05) is 37.7 Å². The van der Waals surface area contributed by atoms with Gasteiger partial charge in [0.15, 0.2) is 15.4 Å². The molecule has 0 bridgehead atoms. The quantitative estimate of drug-likeness (QED) is 0.741. The van der Waals surface area contributed by atoms with Gasteiger partial charge in [-0.3, -0.25) is 14.3 Å². The lowest BCUT2D eigenvalue weighted by molar-refractivity contribution is -0.133. The van der Waals surface area contributed by atoms with Gasteiger partial charge in [0, 0.05) is 32.2 Å². The summed E-state index contributed by atoms with van der Waals surface area (Å²) in [6, 6.07) is 7.10. The predicted molar refractivity (Wildman–Crippen MR) is 95.7 cm³/mol. The van der Waals surface area contributed by atoms with E-state index in [9.17, 15) is 18.0 Å². The molecule has 0 spiro atoms. The molecule has 2 saturated heterocycles. The first-order valence-electron chi connectivity index (χ1n) is 8.73. The van der Waals surface area contributed by atoms with Gasteiger partial charge in [0.25, 0.3) is 0 Å². The van der Waals surface area contributed by atoms with Gasteiger partial charge in [-0.25, -0.2) is 13.2 Å². The highest BCUT2D eigenvalue weighted by molar-refractivity contribution is 7.91. The Morgan fingerprint density at radius 1 is 1.15 bits per heavy atom. The average molecular weight is 379 g/mol. The number of rotatable bonds is 3. The monoisotopic (exact) mass is 379 g/mol. The molecule has 1 aromatic carbocycles. The van der Waals surface area contributed by atoms with Crippen molar-refractivity contribution in [1.82, 2.24) is 14.4 Å². The van der Waals surface area contributed by atoms with Crippen molar-refractivity contribution in [2.45, 2.75) is 19.0 Å². The molecule has 3 heterocycles. The van der Waals surface area contributed by atoms with Crippen molar-refractivity contribution < 1.29 is 17.6 Å². The van der Waals surface area contributed by atoms with Crippen molar-refractivity contribution in [3.8, 4) is 0 Å². The second kappa shape index (κ2) is 6.55. The second-order valence-electron chi connectivity index (χ2n) is 6.90. The summed E-state index contributed by atoms with van der Waals surface area (Å²) in [5.41, 5.74) is 1.08. The van der Waals surface area contributed by atoms with Crippen molar-refractivity contribution in [2.24, 2.45) is 0 Å². The van der Waals surface area contributed by atoms with Gasteiger partial charge >= 0.3 is 5.76 Å². The minimum Gasteiger partial charge on any atom is -0.408 e. The molecule has 0 N–H and O–H groups in total. The Labute approximate surface area is 150 Å². The van der Waals surface area contributed by atoms with E-state index in [1.165, 1.54) is 4.57 Å². The molecule has 0 aliphatic carbocycles. The molecule has 0 saturated carbocycles. The van der Waals surface area contributed by atoms with E-state index in [0.717, 1.165) is 0 Å². The first kappa shape index (κ1) is 17.3. The molecule has 2 aromatic rings. The molecular weight excluding hydrogens is 358 g/mol. The lowest BCUT2D eigenvalue weighted by Gasteiger charge is -2.37. The Hall–Kier alpha value is -2.13. The zero-order valence-corrected chi connectivity index (χ0v) is 15.2. The zero-order chi connectivity index (χ0) is 18.3. The Bertz CT molecular complexity index is 985. The van der Waals surface area contributed by atoms with Gasteiger partial charge in [0.05, 0.1) is 17.0 Å². The maximum absolute atomic E-state index is 12.6. The Morgan fingerprint density at radius 2 is 1.88 bits per heavy atom. The average Bonchev–Trinajstić information content (AvgIpc) is 3.14. The minimum atomic E-state index is -2.91. The van der Waals surface area contributed by atoms with Crippen molar-refractivity contribution >= 4 is 26.8 Å². The van der Waals surface area contributed by atoms with Gasteiger partial charge in [-0.05, 0) is 18.6 Å². The highest BCUT2D eigenvalue weighted by atomic mass is 32.2. The number of amides is 1. The van der Waals surface area contributed by atoms with Gasteiger partial charge in [-0.1, -0.05) is 12.1 Å². The molecule has 26 heavy (non-hydrogen) atoms. The summed E-state index contributed by atoms with van der Waals surface area (Å²) in [6.45, 7) is 2.35. The van der Waals surface area contributed by atoms with Crippen molar-refractivity contribution in [1.29, 1.82) is 0 Å². The van der Waals surface area contributed by atoms with E-state index in [2.05, 4.69) is 4.90 Å². The van der Waals surface area contributed by atoms with Gasteiger partial charge in [0.1, 0.15) is 6.54 Å². The molecule has 4 rings (SSSR count). The molecule has 2 aliphatic heterocycles. The number of sulfone groups is 1. The van der Waals surface area contributed by atoms with E-state index in [-0.39, 0.29) is 30.0 Å². The maximum atomic E-state index is 12.6. The summed E-state index contributed by atoms with van der Waals surface area (Å²) in [5, 5.41) is 0. The first-order valence-corrected chi connectivity index (χ1v) is 10.6. The molecule has 1 atom stereocenters. The number of carbonyl (C=O) groups excluding carboxylic acids is 1. The summed E-state index contributed by atoms with van der Waals surface area (Å²) in [5.74, 6) is -0.184. The Balaban J connectivity index is 1.39. The van der Waals surface area contributed by atoms with Crippen LogP contribution in [0.3, 0.4) is 0 Å². The third-order valence-corrected chi connectivity index (χ3v) is 7.01. The summed E-state index contributed by atoms with van der Waals surface area (Å²) < 4.78 is 29.8. The fourth-order valence-corrected chi connectivity index (χ4v) is 5.56. The molecule has 1 unspecified atom stereocenters. The summed E-state index contributed by atoms with van der Waals surface area (Å²) in [4.78, 5) is 28.5. The molecule has 0 radical (unpaired) electrons. The topological polar surface area (TPSA) is 92.8 Å². The van der Waals surface area contributed by atoms with Crippen LogP contribution in [0.2, 0.25) is 0 Å². The Morgan fingerprint density at radius 3 is 2.58 bits per heavy atom. The van der Waals surface area contributed by atoms with Crippen LogP contribution in [0.15, 0.2) is 33.5 Å². The molecule has 140 valence electrons. The van der Waals surface area contributed by atoms with E-state index in [1.807, 2.05) is 0 Å².